The number of anilines is 1. The molecule has 11 aromatic carbocycles. The second-order valence-corrected chi connectivity index (χ2v) is 25.7. The number of hydrogen-bond acceptors (Lipinski definition) is 9. The summed E-state index contributed by atoms with van der Waals surface area (Å²) in [6.45, 7) is 3.78. The van der Waals surface area contributed by atoms with Crippen LogP contribution in [0, 0.1) is 13.8 Å². The number of hydrogen-bond donors (Lipinski definition) is 1. The first kappa shape index (κ1) is 50.7. The van der Waals surface area contributed by atoms with Crippen molar-refractivity contribution >= 4 is 84.4 Å². The molecule has 0 saturated carbocycles. The molecule has 0 bridgehead atoms. The number of rotatable bonds is 15. The molecule has 0 aromatic heterocycles. The Hall–Kier alpha value is -7.82. The number of para-hydroxylation sites is 1. The molecule has 11 rings (SSSR count). The van der Waals surface area contributed by atoms with Crippen LogP contribution < -0.4 is 23.8 Å². The zero-order valence-corrected chi connectivity index (χ0v) is 44.2. The van der Waals surface area contributed by atoms with Gasteiger partial charge in [-0.1, -0.05) is 175 Å². The van der Waals surface area contributed by atoms with Gasteiger partial charge in [0, 0.05) is 5.69 Å². The summed E-state index contributed by atoms with van der Waals surface area (Å²) in [4.78, 5) is 0.306. The van der Waals surface area contributed by atoms with Gasteiger partial charge in [0.15, 0.2) is 0 Å². The van der Waals surface area contributed by atoms with Gasteiger partial charge in [-0.3, -0.25) is 0 Å². The van der Waals surface area contributed by atoms with Crippen LogP contribution in [0.15, 0.2) is 252 Å². The lowest BCUT2D eigenvalue weighted by Gasteiger charge is -2.29. The summed E-state index contributed by atoms with van der Waals surface area (Å²) in [6.07, 6.45) is 0. The zero-order chi connectivity index (χ0) is 51.9. The first-order valence-electron chi connectivity index (χ1n) is 23.9. The number of nitrogens with zero attached hydrogens (tertiary/aromatic N) is 1. The van der Waals surface area contributed by atoms with E-state index in [1.165, 1.54) is 4.08 Å². The highest BCUT2D eigenvalue weighted by molar-refractivity contribution is 8.47. The molecule has 2 N–H and O–H groups in total. The molecule has 0 spiro atoms. The first-order valence-corrected chi connectivity index (χ1v) is 29.7. The van der Waals surface area contributed by atoms with Crippen LogP contribution in [-0.4, -0.2) is 20.9 Å². The third-order valence-corrected chi connectivity index (χ3v) is 20.3. The molecule has 0 saturated heterocycles. The second-order valence-electron chi connectivity index (χ2n) is 17.6. The highest BCUT2D eigenvalue weighted by atomic mass is 32.8. The van der Waals surface area contributed by atoms with Crippen molar-refractivity contribution in [3.63, 3.8) is 0 Å². The number of nitrogens with two attached hydrogens (primary N) is 1. The highest BCUT2D eigenvalue weighted by Gasteiger charge is 2.38. The zero-order valence-electron chi connectivity index (χ0n) is 40.8. The Labute approximate surface area is 439 Å². The Kier molecular flexibility index (Phi) is 15.1. The van der Waals surface area contributed by atoms with E-state index in [0.29, 0.717) is 34.2 Å². The van der Waals surface area contributed by atoms with E-state index >= 15 is 0 Å². The topological polar surface area (TPSA) is 134 Å². The molecule has 75 heavy (non-hydrogen) atoms. The van der Waals surface area contributed by atoms with Gasteiger partial charge in [0.1, 0.15) is 23.0 Å². The Morgan fingerprint density at radius 2 is 0.720 bits per heavy atom. The molecule has 11 aromatic rings. The molecule has 0 amide bonds. The Morgan fingerprint density at radius 3 is 1.11 bits per heavy atom. The van der Waals surface area contributed by atoms with Gasteiger partial charge >= 0.3 is 16.1 Å². The quantitative estimate of drug-likeness (QED) is 0.0786. The lowest BCUT2D eigenvalue weighted by Crippen LogP contribution is -2.30. The highest BCUT2D eigenvalue weighted by Crippen LogP contribution is 2.51. The maximum absolute atomic E-state index is 14.3. The predicted octanol–water partition coefficient (Wildman–Crippen LogP) is 15.9. The van der Waals surface area contributed by atoms with E-state index in [4.69, 9.17) is 23.8 Å². The van der Waals surface area contributed by atoms with Crippen LogP contribution in [0.25, 0.3) is 43.1 Å². The van der Waals surface area contributed by atoms with Gasteiger partial charge in [0.05, 0.1) is 16.3 Å². The van der Waals surface area contributed by atoms with Crippen LogP contribution in [0.5, 0.6) is 23.0 Å². The Bertz CT molecular complexity index is 3890. The molecular formula is C61H50N2O8P2S2. The molecule has 374 valence electrons. The molecular weight excluding hydrogens is 1010 g/mol. The molecule has 0 aliphatic heterocycles. The van der Waals surface area contributed by atoms with Crippen LogP contribution in [0.2, 0.25) is 0 Å². The molecule has 14 heteroatoms. The average Bonchev–Trinajstić information content (AvgIpc) is 3.43. The summed E-state index contributed by atoms with van der Waals surface area (Å²) in [7, 11) is -12.6. The first-order chi connectivity index (χ1) is 36.3. The minimum atomic E-state index is -4.10. The van der Waals surface area contributed by atoms with Crippen molar-refractivity contribution in [2.24, 2.45) is 0 Å². The number of fused-ring (bicyclic) bond motifs is 4. The fourth-order valence-corrected chi connectivity index (χ4v) is 14.9. The number of sulfonamides is 1. The molecule has 0 heterocycles. The largest absolute Gasteiger partial charge is 0.428 e. The fourth-order valence-electron chi connectivity index (χ4n) is 8.16. The average molecular weight is 1070 g/mol. The second kappa shape index (κ2) is 22.3. The molecule has 0 fully saturated rings. The predicted molar refractivity (Wildman–Crippen MR) is 305 cm³/mol. The molecule has 0 aliphatic carbocycles. The van der Waals surface area contributed by atoms with Gasteiger partial charge in [-0.25, -0.2) is 16.8 Å². The van der Waals surface area contributed by atoms with Crippen LogP contribution in [0.4, 0.5) is 5.69 Å². The van der Waals surface area contributed by atoms with Gasteiger partial charge in [-0.05, 0) is 141 Å². The standard InChI is InChI=1S/C34H29N2O4PS.C27H21O4PS/c1-25-14-20-33(21-15-25)42(37,38)36(24-30-12-6-7-13-34(30)35)41(39-31-18-16-26-8-2-4-10-28(26)22-31)40-32-19-17-27-9-3-5-11-29(27)23-32;1-20-10-16-27(17-11-20)33(28,29)32(30-25-14-12-21-6-2-4-8-23(21)18-25)31-26-15-13-22-7-3-5-9-24(22)19-26/h2-23H,24,35H2,1H3;2-19H,1H3. The lowest BCUT2D eigenvalue weighted by molar-refractivity contribution is 0.418. The summed E-state index contributed by atoms with van der Waals surface area (Å²) >= 11 is 0. The van der Waals surface area contributed by atoms with Crippen molar-refractivity contribution in [1.82, 2.24) is 4.08 Å². The van der Waals surface area contributed by atoms with Crippen molar-refractivity contribution < 1.29 is 34.9 Å². The summed E-state index contributed by atoms with van der Waals surface area (Å²) < 4.78 is 82.2. The summed E-state index contributed by atoms with van der Waals surface area (Å²) in [5, 5.41) is 8.05. The van der Waals surface area contributed by atoms with Gasteiger partial charge < -0.3 is 23.8 Å². The lowest BCUT2D eigenvalue weighted by atomic mass is 10.1. The molecule has 0 aliphatic rings. The van der Waals surface area contributed by atoms with Crippen LogP contribution in [0.3, 0.4) is 0 Å². The van der Waals surface area contributed by atoms with Crippen molar-refractivity contribution in [2.45, 2.75) is 30.2 Å². The molecule has 0 unspecified atom stereocenters. The van der Waals surface area contributed by atoms with Crippen LogP contribution >= 0.6 is 16.1 Å². The summed E-state index contributed by atoms with van der Waals surface area (Å²) in [5.41, 5.74) is 9.36. The minimum Gasteiger partial charge on any atom is -0.428 e. The van der Waals surface area contributed by atoms with Crippen molar-refractivity contribution in [3.05, 3.63) is 259 Å². The SMILES string of the molecule is Cc1ccc(S(=O)(=O)N(Cc2ccccc2N)P(Oc2ccc3ccccc3c2)Oc2ccc3ccccc3c2)cc1.Cc1ccc(S(=O)(=O)P(Oc2ccc3ccccc3c2)Oc2ccc3ccccc3c2)cc1. The smallest absolute Gasteiger partial charge is 0.426 e. The van der Waals surface area contributed by atoms with Gasteiger partial charge in [0.2, 0.25) is 0 Å². The van der Waals surface area contributed by atoms with Crippen molar-refractivity contribution in [1.29, 1.82) is 0 Å². The normalized spacial score (nSPS) is 11.7. The maximum atomic E-state index is 14.3. The summed E-state index contributed by atoms with van der Waals surface area (Å²) in [5.74, 6) is 1.86. The van der Waals surface area contributed by atoms with E-state index in [1.807, 2.05) is 190 Å². The van der Waals surface area contributed by atoms with Gasteiger partial charge in [-0.2, -0.15) is 0 Å². The van der Waals surface area contributed by atoms with Crippen LogP contribution in [-0.2, 0) is 26.0 Å². The monoisotopic (exact) mass is 1060 g/mol. The van der Waals surface area contributed by atoms with Crippen molar-refractivity contribution in [3.8, 4) is 23.0 Å². The van der Waals surface area contributed by atoms with Gasteiger partial charge in [0.25, 0.3) is 19.5 Å². The minimum absolute atomic E-state index is 0.0459. The molecule has 10 nitrogen and oxygen atoms in total. The van der Waals surface area contributed by atoms with E-state index < -0.39 is 35.6 Å². The molecule has 0 atom stereocenters. The number of aryl methyl sites for hydroxylation is 2. The van der Waals surface area contributed by atoms with Crippen LogP contribution in [0.1, 0.15) is 16.7 Å². The summed E-state index contributed by atoms with van der Waals surface area (Å²) in [6, 6.07) is 74.6. The van der Waals surface area contributed by atoms with Gasteiger partial charge in [-0.15, -0.1) is 4.08 Å². The van der Waals surface area contributed by atoms with Crippen molar-refractivity contribution in [2.75, 3.05) is 5.73 Å². The third kappa shape index (κ3) is 11.9. The van der Waals surface area contributed by atoms with E-state index in [9.17, 15) is 16.8 Å². The van der Waals surface area contributed by atoms with E-state index in [1.54, 1.807) is 66.7 Å². The van der Waals surface area contributed by atoms with E-state index in [-0.39, 0.29) is 16.3 Å². The number of benzene rings is 11. The maximum Gasteiger partial charge on any atom is 0.426 e. The number of nitrogen functional groups attached to an aromatic ring is 1. The third-order valence-electron chi connectivity index (χ3n) is 12.3. The Morgan fingerprint density at radius 1 is 0.387 bits per heavy atom. The fraction of sp³-hybridized carbons (Fsp3) is 0.0492. The van der Waals surface area contributed by atoms with E-state index in [0.717, 1.165) is 54.2 Å². The van der Waals surface area contributed by atoms with E-state index in [2.05, 4.69) is 0 Å². The Balaban J connectivity index is 0.000000176. The molecule has 0 radical (unpaired) electrons.